The van der Waals surface area contributed by atoms with Crippen molar-refractivity contribution in [2.24, 2.45) is 0 Å². The molecule has 0 saturated carbocycles. The summed E-state index contributed by atoms with van der Waals surface area (Å²) in [6.45, 7) is 8.41. The molecule has 1 N–H and O–H groups in total. The zero-order chi connectivity index (χ0) is 23.0. The van der Waals surface area contributed by atoms with Gasteiger partial charge >= 0.3 is 0 Å². The highest BCUT2D eigenvalue weighted by Crippen LogP contribution is 2.25. The SMILES string of the molecule is CCCCOc1ccc(C(=O)NC2CCc3cc(CN4CCCCCC4)ccc3C2)c(C)c1. The molecule has 2 aliphatic rings. The summed E-state index contributed by atoms with van der Waals surface area (Å²) in [6.07, 6.45) is 10.5. The van der Waals surface area contributed by atoms with Crippen molar-refractivity contribution in [3.8, 4) is 5.75 Å². The third-order valence-electron chi connectivity index (χ3n) is 7.15. The van der Waals surface area contributed by atoms with Crippen molar-refractivity contribution in [2.75, 3.05) is 19.7 Å². The van der Waals surface area contributed by atoms with Crippen molar-refractivity contribution in [1.29, 1.82) is 0 Å². The van der Waals surface area contributed by atoms with Crippen LogP contribution in [-0.4, -0.2) is 36.5 Å². The first-order valence-corrected chi connectivity index (χ1v) is 13.0. The van der Waals surface area contributed by atoms with Crippen LogP contribution >= 0.6 is 0 Å². The van der Waals surface area contributed by atoms with Gasteiger partial charge in [-0.2, -0.15) is 0 Å². The van der Waals surface area contributed by atoms with Gasteiger partial charge in [-0.1, -0.05) is 44.4 Å². The number of nitrogens with zero attached hydrogens (tertiary/aromatic N) is 1. The standard InChI is InChI=1S/C29H40N2O2/c1-3-4-17-33-27-13-14-28(22(2)18-27)29(32)30-26-12-11-24-19-23(9-10-25(24)20-26)21-31-15-7-5-6-8-16-31/h9-10,13-14,18-19,26H,3-8,11-12,15-17,20-21H2,1-2H3,(H,30,32). The van der Waals surface area contributed by atoms with Crippen LogP contribution in [-0.2, 0) is 19.4 Å². The number of fused-ring (bicyclic) bond motifs is 1. The number of likely N-dealkylation sites (tertiary alicyclic amines) is 1. The Labute approximate surface area is 199 Å². The maximum Gasteiger partial charge on any atom is 0.251 e. The van der Waals surface area contributed by atoms with Gasteiger partial charge in [0.15, 0.2) is 0 Å². The van der Waals surface area contributed by atoms with Crippen molar-refractivity contribution >= 4 is 5.91 Å². The third kappa shape index (κ3) is 6.60. The molecule has 4 nitrogen and oxygen atoms in total. The molecule has 178 valence electrons. The summed E-state index contributed by atoms with van der Waals surface area (Å²) in [5.41, 5.74) is 6.02. The second-order valence-electron chi connectivity index (χ2n) is 9.89. The Hall–Kier alpha value is -2.33. The third-order valence-corrected chi connectivity index (χ3v) is 7.15. The van der Waals surface area contributed by atoms with E-state index in [1.54, 1.807) is 0 Å². The van der Waals surface area contributed by atoms with Crippen LogP contribution in [0.4, 0.5) is 0 Å². The molecule has 4 rings (SSSR count). The lowest BCUT2D eigenvalue weighted by atomic mass is 9.87. The monoisotopic (exact) mass is 448 g/mol. The van der Waals surface area contributed by atoms with E-state index in [4.69, 9.17) is 4.74 Å². The van der Waals surface area contributed by atoms with Crippen LogP contribution in [0.5, 0.6) is 5.75 Å². The highest BCUT2D eigenvalue weighted by molar-refractivity contribution is 5.96. The smallest absolute Gasteiger partial charge is 0.251 e. The summed E-state index contributed by atoms with van der Waals surface area (Å²) >= 11 is 0. The lowest BCUT2D eigenvalue weighted by Crippen LogP contribution is -2.39. The summed E-state index contributed by atoms with van der Waals surface area (Å²) in [7, 11) is 0. The van der Waals surface area contributed by atoms with Gasteiger partial charge in [0.1, 0.15) is 5.75 Å². The van der Waals surface area contributed by atoms with Crippen molar-refractivity contribution in [2.45, 2.75) is 84.2 Å². The van der Waals surface area contributed by atoms with Gasteiger partial charge in [0, 0.05) is 18.2 Å². The average molecular weight is 449 g/mol. The Morgan fingerprint density at radius 2 is 1.88 bits per heavy atom. The van der Waals surface area contributed by atoms with E-state index in [0.717, 1.165) is 62.1 Å². The van der Waals surface area contributed by atoms with E-state index in [1.807, 2.05) is 25.1 Å². The van der Waals surface area contributed by atoms with Crippen LogP contribution in [0, 0.1) is 6.92 Å². The van der Waals surface area contributed by atoms with E-state index in [0.29, 0.717) is 0 Å². The number of nitrogens with one attached hydrogen (secondary N) is 1. The largest absolute Gasteiger partial charge is 0.494 e. The lowest BCUT2D eigenvalue weighted by Gasteiger charge is -2.27. The second kappa shape index (κ2) is 11.7. The quantitative estimate of drug-likeness (QED) is 0.516. The Morgan fingerprint density at radius 3 is 2.64 bits per heavy atom. The van der Waals surface area contributed by atoms with Crippen LogP contribution in [0.2, 0.25) is 0 Å². The van der Waals surface area contributed by atoms with Crippen molar-refractivity contribution in [1.82, 2.24) is 10.2 Å². The summed E-state index contributed by atoms with van der Waals surface area (Å²) in [5, 5.41) is 3.29. The molecule has 1 fully saturated rings. The normalized spacial score (nSPS) is 18.9. The minimum Gasteiger partial charge on any atom is -0.494 e. The number of aryl methyl sites for hydroxylation is 2. The summed E-state index contributed by atoms with van der Waals surface area (Å²) in [4.78, 5) is 15.6. The van der Waals surface area contributed by atoms with Gasteiger partial charge < -0.3 is 10.1 Å². The molecule has 2 aromatic rings. The van der Waals surface area contributed by atoms with Gasteiger partial charge in [-0.25, -0.2) is 0 Å². The summed E-state index contributed by atoms with van der Waals surface area (Å²) in [5.74, 6) is 0.874. The summed E-state index contributed by atoms with van der Waals surface area (Å²) < 4.78 is 5.78. The molecule has 1 aliphatic carbocycles. The molecule has 0 aromatic heterocycles. The van der Waals surface area contributed by atoms with Gasteiger partial charge in [-0.3, -0.25) is 9.69 Å². The number of hydrogen-bond donors (Lipinski definition) is 1. The second-order valence-corrected chi connectivity index (χ2v) is 9.89. The van der Waals surface area contributed by atoms with Gasteiger partial charge in [0.05, 0.1) is 6.61 Å². The fourth-order valence-electron chi connectivity index (χ4n) is 5.16. The van der Waals surface area contributed by atoms with Gasteiger partial charge in [0.2, 0.25) is 0 Å². The highest BCUT2D eigenvalue weighted by Gasteiger charge is 2.22. The number of ether oxygens (including phenoxy) is 1. The highest BCUT2D eigenvalue weighted by atomic mass is 16.5. The Balaban J connectivity index is 1.33. The minimum absolute atomic E-state index is 0.0267. The molecule has 1 heterocycles. The summed E-state index contributed by atoms with van der Waals surface area (Å²) in [6, 6.07) is 13.0. The molecule has 0 spiro atoms. The Kier molecular flexibility index (Phi) is 8.44. The predicted octanol–water partition coefficient (Wildman–Crippen LogP) is 5.84. The fraction of sp³-hybridized carbons (Fsp3) is 0.552. The molecule has 4 heteroatoms. The first-order valence-electron chi connectivity index (χ1n) is 13.0. The Bertz CT molecular complexity index is 931. The van der Waals surface area contributed by atoms with E-state index < -0.39 is 0 Å². The molecule has 1 amide bonds. The van der Waals surface area contributed by atoms with E-state index in [2.05, 4.69) is 35.3 Å². The molecule has 1 atom stereocenters. The maximum atomic E-state index is 13.0. The minimum atomic E-state index is 0.0267. The number of rotatable bonds is 8. The van der Waals surface area contributed by atoms with E-state index in [-0.39, 0.29) is 11.9 Å². The molecule has 2 aromatic carbocycles. The molecule has 33 heavy (non-hydrogen) atoms. The van der Waals surface area contributed by atoms with Crippen molar-refractivity contribution in [3.05, 3.63) is 64.2 Å². The van der Waals surface area contributed by atoms with E-state index in [1.165, 1.54) is 55.5 Å². The predicted molar refractivity (Wildman–Crippen MR) is 135 cm³/mol. The van der Waals surface area contributed by atoms with E-state index >= 15 is 0 Å². The molecule has 0 radical (unpaired) electrons. The van der Waals surface area contributed by atoms with Crippen molar-refractivity contribution in [3.63, 3.8) is 0 Å². The number of carbonyl (C=O) groups is 1. The topological polar surface area (TPSA) is 41.6 Å². The first kappa shape index (κ1) is 23.8. The van der Waals surface area contributed by atoms with Gasteiger partial charge in [-0.15, -0.1) is 0 Å². The van der Waals surface area contributed by atoms with Crippen LogP contribution in [0.1, 0.15) is 84.5 Å². The number of hydrogen-bond acceptors (Lipinski definition) is 3. The molecule has 1 saturated heterocycles. The van der Waals surface area contributed by atoms with Crippen LogP contribution in [0.15, 0.2) is 36.4 Å². The van der Waals surface area contributed by atoms with Gasteiger partial charge in [-0.05, 0) is 99.0 Å². The number of unbranched alkanes of at least 4 members (excludes halogenated alkanes) is 1. The molecule has 1 aliphatic heterocycles. The number of amides is 1. The molecule has 0 bridgehead atoms. The fourth-order valence-corrected chi connectivity index (χ4v) is 5.16. The van der Waals surface area contributed by atoms with E-state index in [9.17, 15) is 4.79 Å². The van der Waals surface area contributed by atoms with Crippen LogP contribution < -0.4 is 10.1 Å². The van der Waals surface area contributed by atoms with Crippen LogP contribution in [0.25, 0.3) is 0 Å². The number of carbonyl (C=O) groups excluding carboxylic acids is 1. The zero-order valence-electron chi connectivity index (χ0n) is 20.5. The molecule has 1 unspecified atom stereocenters. The Morgan fingerprint density at radius 1 is 1.06 bits per heavy atom. The maximum absolute atomic E-state index is 13.0. The number of benzene rings is 2. The van der Waals surface area contributed by atoms with Crippen LogP contribution in [0.3, 0.4) is 0 Å². The van der Waals surface area contributed by atoms with Crippen molar-refractivity contribution < 1.29 is 9.53 Å². The molecular weight excluding hydrogens is 408 g/mol. The lowest BCUT2D eigenvalue weighted by molar-refractivity contribution is 0.0933. The zero-order valence-corrected chi connectivity index (χ0v) is 20.5. The molecular formula is C29H40N2O2. The van der Waals surface area contributed by atoms with Gasteiger partial charge in [0.25, 0.3) is 5.91 Å². The first-order chi connectivity index (χ1) is 16.1. The average Bonchev–Trinajstić information content (AvgIpc) is 3.08.